The van der Waals surface area contributed by atoms with Gasteiger partial charge in [0.1, 0.15) is 11.3 Å². The summed E-state index contributed by atoms with van der Waals surface area (Å²) in [5.74, 6) is -1.33. The van der Waals surface area contributed by atoms with Gasteiger partial charge in [-0.2, -0.15) is 13.2 Å². The lowest BCUT2D eigenvalue weighted by Gasteiger charge is -2.27. The number of urea groups is 1. The highest BCUT2D eigenvalue weighted by Gasteiger charge is 2.33. The minimum atomic E-state index is -4.55. The van der Waals surface area contributed by atoms with Gasteiger partial charge in [0, 0.05) is 36.2 Å². The summed E-state index contributed by atoms with van der Waals surface area (Å²) < 4.78 is 51.3. The van der Waals surface area contributed by atoms with E-state index in [9.17, 15) is 27.9 Å². The second kappa shape index (κ2) is 11.5. The van der Waals surface area contributed by atoms with E-state index in [-0.39, 0.29) is 29.5 Å². The van der Waals surface area contributed by atoms with Gasteiger partial charge in [-0.25, -0.2) is 9.59 Å². The number of aromatic nitrogens is 1. The number of rotatable bonds is 6. The van der Waals surface area contributed by atoms with Gasteiger partial charge in [-0.15, -0.1) is 0 Å². The maximum atomic E-state index is 13.5. The molecule has 2 aromatic heterocycles. The van der Waals surface area contributed by atoms with E-state index in [4.69, 9.17) is 9.15 Å². The van der Waals surface area contributed by atoms with Gasteiger partial charge in [-0.3, -0.25) is 0 Å². The van der Waals surface area contributed by atoms with E-state index in [1.165, 1.54) is 12.1 Å². The van der Waals surface area contributed by atoms with Crippen molar-refractivity contribution >= 4 is 27.9 Å². The molecule has 1 fully saturated rings. The molecule has 43 heavy (non-hydrogen) atoms. The minimum absolute atomic E-state index is 0.108. The topological polar surface area (TPSA) is 108 Å². The van der Waals surface area contributed by atoms with Crippen molar-refractivity contribution in [3.05, 3.63) is 111 Å². The largest absolute Gasteiger partial charge is 0.507 e. The number of hydrogen-bond acceptors (Lipinski definition) is 5. The van der Waals surface area contributed by atoms with Crippen LogP contribution >= 0.6 is 0 Å². The Morgan fingerprint density at radius 2 is 1.65 bits per heavy atom. The van der Waals surface area contributed by atoms with Crippen LogP contribution in [0.15, 0.2) is 82.0 Å². The zero-order chi connectivity index (χ0) is 30.1. The summed E-state index contributed by atoms with van der Waals surface area (Å²) in [6.45, 7) is 2.15. The van der Waals surface area contributed by atoms with Gasteiger partial charge in [-0.1, -0.05) is 42.5 Å². The molecule has 2 amide bonds. The molecule has 222 valence electrons. The Bertz CT molecular complexity index is 1840. The molecule has 1 atom stereocenters. The van der Waals surface area contributed by atoms with E-state index in [0.717, 1.165) is 28.6 Å². The van der Waals surface area contributed by atoms with Crippen molar-refractivity contribution < 1.29 is 32.2 Å². The molecule has 3 N–H and O–H groups in total. The monoisotopic (exact) mass is 591 g/mol. The van der Waals surface area contributed by atoms with Crippen LogP contribution in [0.25, 0.3) is 21.9 Å². The lowest BCUT2D eigenvalue weighted by atomic mass is 9.85. The van der Waals surface area contributed by atoms with Crippen LogP contribution in [0.1, 0.15) is 33.9 Å². The number of aromatic hydroxyl groups is 1. The number of amides is 2. The van der Waals surface area contributed by atoms with Gasteiger partial charge in [0.05, 0.1) is 35.6 Å². The Hall–Kier alpha value is -4.77. The summed E-state index contributed by atoms with van der Waals surface area (Å²) in [5, 5.41) is 15.5. The second-order valence-electron chi connectivity index (χ2n) is 10.3. The standard InChI is InChI=1S/C32H28F3N3O5/c33-32(34,35)20-11-9-19(10-12-20)26(27-29(39)23-6-2-4-8-25(23)43-30(27)40)28-22(21-5-1-3-7-24(21)37-28)13-14-36-31(41)38-15-17-42-18-16-38/h1-12,26,37,39H,13-18H2,(H,36,41). The zero-order valence-corrected chi connectivity index (χ0v) is 22.9. The van der Waals surface area contributed by atoms with Crippen LogP contribution < -0.4 is 10.9 Å². The highest BCUT2D eigenvalue weighted by molar-refractivity contribution is 5.87. The average Bonchev–Trinajstić information content (AvgIpc) is 3.37. The number of hydrogen-bond donors (Lipinski definition) is 3. The van der Waals surface area contributed by atoms with E-state index in [1.807, 2.05) is 24.3 Å². The lowest BCUT2D eigenvalue weighted by Crippen LogP contribution is -2.46. The SMILES string of the molecule is O=C(NCCc1c(C(c2ccc(C(F)(F)F)cc2)c2c(O)c3ccccc3oc2=O)[nH]c2ccccc12)N1CCOCC1. The predicted molar refractivity (Wildman–Crippen MR) is 154 cm³/mol. The molecule has 0 spiro atoms. The number of halogens is 3. The zero-order valence-electron chi connectivity index (χ0n) is 22.9. The molecule has 5 aromatic rings. The molecule has 0 radical (unpaired) electrons. The van der Waals surface area contributed by atoms with Crippen molar-refractivity contribution in [2.75, 3.05) is 32.8 Å². The summed E-state index contributed by atoms with van der Waals surface area (Å²) in [6, 6.07) is 18.2. The molecule has 11 heteroatoms. The van der Waals surface area contributed by atoms with Gasteiger partial charge >= 0.3 is 17.8 Å². The molecule has 1 saturated heterocycles. The van der Waals surface area contributed by atoms with E-state index < -0.39 is 23.3 Å². The maximum Gasteiger partial charge on any atom is 0.416 e. The highest BCUT2D eigenvalue weighted by atomic mass is 19.4. The molecule has 3 aromatic carbocycles. The van der Waals surface area contributed by atoms with Crippen LogP contribution in [0.5, 0.6) is 5.75 Å². The fourth-order valence-electron chi connectivity index (χ4n) is 5.65. The summed E-state index contributed by atoms with van der Waals surface area (Å²) in [4.78, 5) is 31.3. The summed E-state index contributed by atoms with van der Waals surface area (Å²) in [7, 11) is 0. The summed E-state index contributed by atoms with van der Waals surface area (Å²) in [6.07, 6.45) is -4.21. The van der Waals surface area contributed by atoms with Crippen molar-refractivity contribution in [1.82, 2.24) is 15.2 Å². The summed E-state index contributed by atoms with van der Waals surface area (Å²) in [5.41, 5.74) is 0.740. The molecule has 1 aliphatic rings. The van der Waals surface area contributed by atoms with Crippen molar-refractivity contribution in [2.45, 2.75) is 18.5 Å². The number of ether oxygens (including phenoxy) is 1. The number of nitrogens with one attached hydrogen (secondary N) is 2. The first kappa shape index (κ1) is 28.4. The number of nitrogens with zero attached hydrogens (tertiary/aromatic N) is 1. The Labute approximate surface area is 243 Å². The van der Waals surface area contributed by atoms with Gasteiger partial charge in [0.15, 0.2) is 0 Å². The molecular weight excluding hydrogens is 563 g/mol. The van der Waals surface area contributed by atoms with Crippen LogP contribution in [0.2, 0.25) is 0 Å². The number of alkyl halides is 3. The molecule has 1 aliphatic heterocycles. The Morgan fingerprint density at radius 3 is 2.37 bits per heavy atom. The molecule has 0 saturated carbocycles. The van der Waals surface area contributed by atoms with Crippen molar-refractivity contribution in [3.8, 4) is 5.75 Å². The number of benzene rings is 3. The number of carbonyl (C=O) groups is 1. The van der Waals surface area contributed by atoms with Crippen molar-refractivity contribution in [1.29, 1.82) is 0 Å². The number of aromatic amines is 1. The number of fused-ring (bicyclic) bond motifs is 2. The minimum Gasteiger partial charge on any atom is -0.507 e. The second-order valence-corrected chi connectivity index (χ2v) is 10.3. The first-order valence-electron chi connectivity index (χ1n) is 13.8. The van der Waals surface area contributed by atoms with Gasteiger partial charge < -0.3 is 29.5 Å². The van der Waals surface area contributed by atoms with Crippen LogP contribution in [-0.4, -0.2) is 53.9 Å². The normalized spacial score (nSPS) is 14.7. The predicted octanol–water partition coefficient (Wildman–Crippen LogP) is 5.76. The quantitative estimate of drug-likeness (QED) is 0.218. The molecule has 8 nitrogen and oxygen atoms in total. The molecular formula is C32H28F3N3O5. The summed E-state index contributed by atoms with van der Waals surface area (Å²) >= 11 is 0. The van der Waals surface area contributed by atoms with E-state index >= 15 is 0 Å². The fraction of sp³-hybridized carbons (Fsp3) is 0.250. The van der Waals surface area contributed by atoms with E-state index in [0.29, 0.717) is 49.4 Å². The average molecular weight is 592 g/mol. The number of para-hydroxylation sites is 2. The van der Waals surface area contributed by atoms with Crippen LogP contribution in [0.4, 0.5) is 18.0 Å². The molecule has 0 aliphatic carbocycles. The van der Waals surface area contributed by atoms with Gasteiger partial charge in [-0.05, 0) is 47.9 Å². The number of carbonyl (C=O) groups excluding carboxylic acids is 1. The Balaban J connectivity index is 1.48. The third-order valence-corrected chi connectivity index (χ3v) is 7.76. The van der Waals surface area contributed by atoms with Gasteiger partial charge in [0.25, 0.3) is 0 Å². The van der Waals surface area contributed by atoms with Gasteiger partial charge in [0.2, 0.25) is 0 Å². The van der Waals surface area contributed by atoms with E-state index in [1.54, 1.807) is 29.2 Å². The highest BCUT2D eigenvalue weighted by Crippen LogP contribution is 2.42. The Kier molecular flexibility index (Phi) is 7.57. The van der Waals surface area contributed by atoms with Crippen LogP contribution in [0.3, 0.4) is 0 Å². The molecule has 6 rings (SSSR count). The number of H-pyrrole nitrogens is 1. The molecule has 1 unspecified atom stereocenters. The third-order valence-electron chi connectivity index (χ3n) is 7.76. The van der Waals surface area contributed by atoms with E-state index in [2.05, 4.69) is 10.3 Å². The van der Waals surface area contributed by atoms with Crippen molar-refractivity contribution in [2.24, 2.45) is 0 Å². The maximum absolute atomic E-state index is 13.5. The molecule has 0 bridgehead atoms. The molecule has 3 heterocycles. The lowest BCUT2D eigenvalue weighted by molar-refractivity contribution is -0.137. The van der Waals surface area contributed by atoms with Crippen molar-refractivity contribution in [3.63, 3.8) is 0 Å². The smallest absolute Gasteiger partial charge is 0.416 e. The third kappa shape index (κ3) is 5.55. The Morgan fingerprint density at radius 1 is 0.977 bits per heavy atom. The van der Waals surface area contributed by atoms with Crippen LogP contribution in [0, 0.1) is 0 Å². The first-order valence-corrected chi connectivity index (χ1v) is 13.8. The van der Waals surface area contributed by atoms with Crippen LogP contribution in [-0.2, 0) is 17.3 Å². The first-order chi connectivity index (χ1) is 20.7. The number of morpholine rings is 1. The fourth-order valence-corrected chi connectivity index (χ4v) is 5.65.